The van der Waals surface area contributed by atoms with Gasteiger partial charge in [0, 0.05) is 7.11 Å². The number of carbonyl (C=O) groups excluding carboxylic acids is 2. The molecule has 180 valence electrons. The van der Waals surface area contributed by atoms with E-state index in [0.717, 1.165) is 5.56 Å². The van der Waals surface area contributed by atoms with Crippen LogP contribution in [0.4, 0.5) is 13.2 Å². The number of aryl methyl sites for hydroxylation is 1. The minimum atomic E-state index is -5.18. The second-order valence-corrected chi connectivity index (χ2v) is 8.69. The van der Waals surface area contributed by atoms with E-state index in [-0.39, 0.29) is 19.4 Å². The van der Waals surface area contributed by atoms with Crippen LogP contribution >= 0.6 is 0 Å². The monoisotopic (exact) mass is 460 g/mol. The standard InChI is InChI=1S/C22H31F3N2O5/c1-20(2)11-12-21(32-19(29)22(23,24)25,17(18(20)31-4)27-16(28)13-26)10-9-14-5-7-15(30-3)8-6-14/h5-8,17-18H,9-13,26H2,1-4H3,(H,27,28)/t17-,18+,21+/m0/s1. The fraction of sp³-hybridized carbons (Fsp3) is 0.636. The van der Waals surface area contributed by atoms with Crippen molar-refractivity contribution < 1.29 is 37.0 Å². The topological polar surface area (TPSA) is 99.9 Å². The van der Waals surface area contributed by atoms with Crippen LogP contribution in [0.15, 0.2) is 24.3 Å². The maximum absolute atomic E-state index is 13.2. The molecule has 0 spiro atoms. The first-order valence-electron chi connectivity index (χ1n) is 10.3. The molecule has 0 bridgehead atoms. The van der Waals surface area contributed by atoms with Crippen molar-refractivity contribution in [2.24, 2.45) is 11.1 Å². The minimum absolute atomic E-state index is 0.0482. The van der Waals surface area contributed by atoms with E-state index in [1.807, 2.05) is 13.8 Å². The first-order chi connectivity index (χ1) is 14.9. The Kier molecular flexibility index (Phi) is 8.17. The van der Waals surface area contributed by atoms with Crippen LogP contribution in [-0.2, 0) is 25.5 Å². The Labute approximate surface area is 185 Å². The van der Waals surface area contributed by atoms with Crippen molar-refractivity contribution >= 4 is 11.9 Å². The number of alkyl halides is 3. The molecule has 2 rings (SSSR count). The zero-order valence-electron chi connectivity index (χ0n) is 18.8. The lowest BCUT2D eigenvalue weighted by molar-refractivity contribution is -0.230. The van der Waals surface area contributed by atoms with Crippen molar-refractivity contribution in [3.63, 3.8) is 0 Å². The van der Waals surface area contributed by atoms with Crippen molar-refractivity contribution in [1.29, 1.82) is 0 Å². The summed E-state index contributed by atoms with van der Waals surface area (Å²) in [5.41, 5.74) is 4.14. The number of ether oxygens (including phenoxy) is 3. The van der Waals surface area contributed by atoms with E-state index in [9.17, 15) is 22.8 Å². The van der Waals surface area contributed by atoms with Crippen LogP contribution in [0, 0.1) is 5.41 Å². The van der Waals surface area contributed by atoms with Gasteiger partial charge in [-0.25, -0.2) is 4.79 Å². The lowest BCUT2D eigenvalue weighted by Gasteiger charge is -2.53. The van der Waals surface area contributed by atoms with Crippen molar-refractivity contribution in [1.82, 2.24) is 5.32 Å². The van der Waals surface area contributed by atoms with Crippen LogP contribution in [-0.4, -0.2) is 56.6 Å². The van der Waals surface area contributed by atoms with E-state index in [2.05, 4.69) is 5.32 Å². The van der Waals surface area contributed by atoms with Gasteiger partial charge >= 0.3 is 12.1 Å². The van der Waals surface area contributed by atoms with E-state index in [1.165, 1.54) is 14.2 Å². The third-order valence-corrected chi connectivity index (χ3v) is 6.11. The fourth-order valence-electron chi connectivity index (χ4n) is 4.29. The number of halogens is 3. The highest BCUT2D eigenvalue weighted by Gasteiger charge is 2.57. The molecule has 7 nitrogen and oxygen atoms in total. The molecule has 1 saturated carbocycles. The highest BCUT2D eigenvalue weighted by atomic mass is 19.4. The predicted octanol–water partition coefficient (Wildman–Crippen LogP) is 2.75. The quantitative estimate of drug-likeness (QED) is 0.579. The number of rotatable bonds is 8. The highest BCUT2D eigenvalue weighted by molar-refractivity contribution is 5.79. The third kappa shape index (κ3) is 5.92. The van der Waals surface area contributed by atoms with E-state index < -0.39 is 41.2 Å². The molecule has 10 heteroatoms. The summed E-state index contributed by atoms with van der Waals surface area (Å²) in [5.74, 6) is -2.24. The van der Waals surface area contributed by atoms with Gasteiger partial charge in [0.1, 0.15) is 11.4 Å². The molecule has 1 fully saturated rings. The molecule has 1 aliphatic rings. The summed E-state index contributed by atoms with van der Waals surface area (Å²) in [6, 6.07) is 6.02. The Morgan fingerprint density at radius 2 is 1.78 bits per heavy atom. The average Bonchev–Trinajstić information content (AvgIpc) is 2.74. The number of hydrogen-bond acceptors (Lipinski definition) is 6. The van der Waals surface area contributed by atoms with E-state index in [0.29, 0.717) is 18.6 Å². The second-order valence-electron chi connectivity index (χ2n) is 8.69. The molecule has 3 atom stereocenters. The Hall–Kier alpha value is -2.33. The van der Waals surface area contributed by atoms with Gasteiger partial charge in [0.05, 0.1) is 25.8 Å². The molecule has 1 aliphatic carbocycles. The van der Waals surface area contributed by atoms with Gasteiger partial charge in [-0.3, -0.25) is 4.79 Å². The first kappa shape index (κ1) is 25.9. The number of amides is 1. The highest BCUT2D eigenvalue weighted by Crippen LogP contribution is 2.46. The van der Waals surface area contributed by atoms with E-state index in [4.69, 9.17) is 19.9 Å². The van der Waals surface area contributed by atoms with Crippen molar-refractivity contribution in [3.05, 3.63) is 29.8 Å². The van der Waals surface area contributed by atoms with Crippen molar-refractivity contribution in [2.45, 2.75) is 63.5 Å². The van der Waals surface area contributed by atoms with E-state index >= 15 is 0 Å². The summed E-state index contributed by atoms with van der Waals surface area (Å²) in [5, 5.41) is 2.67. The Balaban J connectivity index is 2.46. The lowest BCUT2D eigenvalue weighted by atomic mass is 9.64. The first-order valence-corrected chi connectivity index (χ1v) is 10.3. The molecule has 0 unspecified atom stereocenters. The van der Waals surface area contributed by atoms with Crippen LogP contribution in [0.1, 0.15) is 38.7 Å². The van der Waals surface area contributed by atoms with Gasteiger partial charge in [-0.15, -0.1) is 0 Å². The van der Waals surface area contributed by atoms with Crippen molar-refractivity contribution in [2.75, 3.05) is 20.8 Å². The normalized spacial score (nSPS) is 25.1. The molecule has 0 heterocycles. The van der Waals surface area contributed by atoms with Gasteiger partial charge in [0.2, 0.25) is 5.91 Å². The zero-order valence-corrected chi connectivity index (χ0v) is 18.8. The van der Waals surface area contributed by atoms with Crippen LogP contribution in [0.5, 0.6) is 5.75 Å². The Morgan fingerprint density at radius 3 is 2.28 bits per heavy atom. The molecule has 1 amide bonds. The summed E-state index contributed by atoms with van der Waals surface area (Å²) >= 11 is 0. The molecule has 0 radical (unpaired) electrons. The number of carbonyl (C=O) groups is 2. The van der Waals surface area contributed by atoms with Crippen LogP contribution in [0.2, 0.25) is 0 Å². The average molecular weight is 460 g/mol. The van der Waals surface area contributed by atoms with Crippen molar-refractivity contribution in [3.8, 4) is 5.75 Å². The molecular weight excluding hydrogens is 429 g/mol. The van der Waals surface area contributed by atoms with Gasteiger partial charge in [-0.2, -0.15) is 13.2 Å². The number of nitrogens with one attached hydrogen (secondary N) is 1. The molecule has 3 N–H and O–H groups in total. The molecule has 0 aliphatic heterocycles. The minimum Gasteiger partial charge on any atom is -0.497 e. The molecule has 1 aromatic rings. The predicted molar refractivity (Wildman–Crippen MR) is 111 cm³/mol. The molecule has 0 saturated heterocycles. The second kappa shape index (κ2) is 10.1. The summed E-state index contributed by atoms with van der Waals surface area (Å²) in [6.07, 6.45) is -4.98. The smallest absolute Gasteiger partial charge is 0.490 e. The maximum Gasteiger partial charge on any atom is 0.490 e. The summed E-state index contributed by atoms with van der Waals surface area (Å²) in [6.45, 7) is 3.42. The van der Waals surface area contributed by atoms with Gasteiger partial charge < -0.3 is 25.3 Å². The van der Waals surface area contributed by atoms with E-state index in [1.54, 1.807) is 24.3 Å². The van der Waals surface area contributed by atoms with Crippen LogP contribution in [0.3, 0.4) is 0 Å². The Bertz CT molecular complexity index is 798. The molecule has 32 heavy (non-hydrogen) atoms. The summed E-state index contributed by atoms with van der Waals surface area (Å²) in [7, 11) is 2.94. The third-order valence-electron chi connectivity index (χ3n) is 6.11. The summed E-state index contributed by atoms with van der Waals surface area (Å²) < 4.78 is 55.5. The molecule has 0 aromatic heterocycles. The van der Waals surface area contributed by atoms with Gasteiger partial charge in [-0.05, 0) is 48.8 Å². The maximum atomic E-state index is 13.2. The molecular formula is C22H31F3N2O5. The van der Waals surface area contributed by atoms with Gasteiger partial charge in [0.25, 0.3) is 0 Å². The summed E-state index contributed by atoms with van der Waals surface area (Å²) in [4.78, 5) is 24.1. The number of nitrogens with two attached hydrogens (primary N) is 1. The lowest BCUT2D eigenvalue weighted by Crippen LogP contribution is -2.68. The number of hydrogen-bond donors (Lipinski definition) is 2. The SMILES string of the molecule is COc1ccc(CC[C@@]2(OC(=O)C(F)(F)F)CCC(C)(C)[C@H](OC)[C@@H]2NC(=O)CN)cc1. The van der Waals surface area contributed by atoms with Crippen LogP contribution in [0.25, 0.3) is 0 Å². The zero-order chi connectivity index (χ0) is 24.2. The van der Waals surface area contributed by atoms with Gasteiger partial charge in [0.15, 0.2) is 0 Å². The number of methoxy groups -OCH3 is 2. The molecule has 1 aromatic carbocycles. The largest absolute Gasteiger partial charge is 0.497 e. The van der Waals surface area contributed by atoms with Crippen LogP contribution < -0.4 is 15.8 Å². The number of esters is 1. The number of benzene rings is 1. The fourth-order valence-corrected chi connectivity index (χ4v) is 4.29. The van der Waals surface area contributed by atoms with Gasteiger partial charge in [-0.1, -0.05) is 26.0 Å². The Morgan fingerprint density at radius 1 is 1.16 bits per heavy atom.